The van der Waals surface area contributed by atoms with Gasteiger partial charge >= 0.3 is 11.9 Å². The quantitative estimate of drug-likeness (QED) is 0.509. The monoisotopic (exact) mass is 366 g/mol. The van der Waals surface area contributed by atoms with Crippen molar-refractivity contribution >= 4 is 23.6 Å². The highest BCUT2D eigenvalue weighted by Crippen LogP contribution is 2.28. The number of ether oxygens (including phenoxy) is 1. The highest BCUT2D eigenvalue weighted by Gasteiger charge is 2.29. The predicted octanol–water partition coefficient (Wildman–Crippen LogP) is 0.241. The lowest BCUT2D eigenvalue weighted by atomic mass is 9.90. The first-order chi connectivity index (χ1) is 12.4. The molecule has 2 aliphatic rings. The number of benzene rings is 1. The zero-order chi connectivity index (χ0) is 19.1. The lowest BCUT2D eigenvalue weighted by Gasteiger charge is -2.19. The van der Waals surface area contributed by atoms with E-state index in [1.807, 2.05) is 0 Å². The van der Waals surface area contributed by atoms with Crippen LogP contribution in [-0.4, -0.2) is 63.7 Å². The van der Waals surface area contributed by atoms with Crippen molar-refractivity contribution in [3.8, 4) is 0 Å². The first kappa shape index (κ1) is 19.7. The molecule has 0 radical (unpaired) electrons. The van der Waals surface area contributed by atoms with E-state index in [1.54, 1.807) is 0 Å². The van der Waals surface area contributed by atoms with Crippen LogP contribution in [0.25, 0.3) is 0 Å². The molecule has 0 bridgehead atoms. The number of hydrogen-bond donors (Lipinski definition) is 5. The van der Waals surface area contributed by atoms with E-state index < -0.39 is 24.1 Å². The Morgan fingerprint density at radius 2 is 1.73 bits per heavy atom. The van der Waals surface area contributed by atoms with Crippen LogP contribution in [0.1, 0.15) is 24.0 Å². The minimum atomic E-state index is -2.27. The molecule has 9 nitrogen and oxygen atoms in total. The Labute approximate surface area is 149 Å². The number of aliphatic carboxylic acids is 2. The number of nitrogens with zero attached hydrogens (tertiary/aromatic N) is 1. The largest absolute Gasteiger partial charge is 0.479 e. The van der Waals surface area contributed by atoms with E-state index in [9.17, 15) is 9.59 Å². The number of carboxylic acid groups (broad SMARTS) is 2. The Morgan fingerprint density at radius 1 is 1.08 bits per heavy atom. The van der Waals surface area contributed by atoms with Crippen LogP contribution in [0.15, 0.2) is 23.2 Å². The van der Waals surface area contributed by atoms with Gasteiger partial charge in [0, 0.05) is 5.69 Å². The number of carboxylic acids is 2. The van der Waals surface area contributed by atoms with Crippen molar-refractivity contribution in [2.45, 2.75) is 37.9 Å². The minimum absolute atomic E-state index is 0.680. The predicted molar refractivity (Wildman–Crippen MR) is 92.2 cm³/mol. The molecular formula is C17H22N2O7. The molecule has 0 saturated carbocycles. The summed E-state index contributed by atoms with van der Waals surface area (Å²) in [7, 11) is 0. The molecule has 1 aliphatic carbocycles. The van der Waals surface area contributed by atoms with Crippen molar-refractivity contribution in [1.29, 1.82) is 0 Å². The van der Waals surface area contributed by atoms with Crippen molar-refractivity contribution in [3.63, 3.8) is 0 Å². The second-order valence-corrected chi connectivity index (χ2v) is 5.88. The van der Waals surface area contributed by atoms with Crippen LogP contribution in [0.3, 0.4) is 0 Å². The minimum Gasteiger partial charge on any atom is -0.479 e. The van der Waals surface area contributed by atoms with Crippen molar-refractivity contribution in [2.75, 3.05) is 18.5 Å². The van der Waals surface area contributed by atoms with Gasteiger partial charge in [0.05, 0.1) is 6.54 Å². The van der Waals surface area contributed by atoms with Gasteiger partial charge in [-0.1, -0.05) is 12.1 Å². The number of rotatable bonds is 4. The zero-order valence-corrected chi connectivity index (χ0v) is 14.1. The van der Waals surface area contributed by atoms with Gasteiger partial charge in [-0.15, -0.1) is 0 Å². The molecule has 0 aromatic heterocycles. The normalized spacial score (nSPS) is 17.5. The van der Waals surface area contributed by atoms with Crippen molar-refractivity contribution in [3.05, 3.63) is 29.3 Å². The summed E-state index contributed by atoms with van der Waals surface area (Å²) in [5.41, 5.74) is 4.11. The fourth-order valence-electron chi connectivity index (χ4n) is 2.69. The van der Waals surface area contributed by atoms with Crippen LogP contribution >= 0.6 is 0 Å². The number of nitrogens with one attached hydrogen (secondary N) is 1. The van der Waals surface area contributed by atoms with Gasteiger partial charge in [0.15, 0.2) is 12.2 Å². The van der Waals surface area contributed by atoms with E-state index in [4.69, 9.17) is 25.2 Å². The van der Waals surface area contributed by atoms with Gasteiger partial charge in [-0.3, -0.25) is 0 Å². The number of carbonyl (C=O) groups is 2. The summed E-state index contributed by atoms with van der Waals surface area (Å²) in [6, 6.07) is 7.15. The Balaban J connectivity index is 0.000000213. The molecule has 0 fully saturated rings. The summed E-state index contributed by atoms with van der Waals surface area (Å²) >= 11 is 0. The SMILES string of the molecule is O=C(O)C(O)C(O)C(=O)O.c1cc2c(c(NC3=NCCO3)c1)CCCC2. The summed E-state index contributed by atoms with van der Waals surface area (Å²) in [6.45, 7) is 1.48. The first-order valence-corrected chi connectivity index (χ1v) is 8.27. The van der Waals surface area contributed by atoms with Crippen LogP contribution in [0.5, 0.6) is 0 Å². The summed E-state index contributed by atoms with van der Waals surface area (Å²) in [5.74, 6) is -3.54. The van der Waals surface area contributed by atoms with Crippen LogP contribution in [-0.2, 0) is 27.2 Å². The molecule has 2 unspecified atom stereocenters. The maximum absolute atomic E-state index is 9.77. The van der Waals surface area contributed by atoms with E-state index in [0.717, 1.165) is 6.54 Å². The molecule has 0 spiro atoms. The smallest absolute Gasteiger partial charge is 0.335 e. The standard InChI is InChI=1S/C13H16N2O.C4H6O6/c1-2-6-11-10(4-1)5-3-7-12(11)15-13-14-8-9-16-13;5-1(3(7)8)2(6)4(9)10/h3,5,7H,1-2,4,6,8-9H2,(H,14,15);1-2,5-6H,(H,7,8)(H,9,10). The van der Waals surface area contributed by atoms with Crippen molar-refractivity contribution in [1.82, 2.24) is 0 Å². The van der Waals surface area contributed by atoms with Gasteiger partial charge in [0.25, 0.3) is 6.02 Å². The number of hydrogen-bond acceptors (Lipinski definition) is 7. The van der Waals surface area contributed by atoms with E-state index in [0.29, 0.717) is 12.6 Å². The molecule has 1 aliphatic heterocycles. The summed E-state index contributed by atoms with van der Waals surface area (Å²) in [5, 5.41) is 35.8. The van der Waals surface area contributed by atoms with Crippen LogP contribution in [0.2, 0.25) is 0 Å². The molecule has 1 aromatic carbocycles. The molecule has 1 heterocycles. The van der Waals surface area contributed by atoms with E-state index in [1.165, 1.54) is 42.5 Å². The van der Waals surface area contributed by atoms with E-state index in [2.05, 4.69) is 28.5 Å². The third-order valence-corrected chi connectivity index (χ3v) is 4.03. The van der Waals surface area contributed by atoms with Gasteiger partial charge in [0.2, 0.25) is 0 Å². The maximum Gasteiger partial charge on any atom is 0.335 e. The fourth-order valence-corrected chi connectivity index (χ4v) is 2.69. The first-order valence-electron chi connectivity index (χ1n) is 8.27. The molecule has 3 rings (SSSR count). The fraction of sp³-hybridized carbons (Fsp3) is 0.471. The molecule has 142 valence electrons. The third-order valence-electron chi connectivity index (χ3n) is 4.03. The molecule has 9 heteroatoms. The Morgan fingerprint density at radius 3 is 2.31 bits per heavy atom. The van der Waals surface area contributed by atoms with Crippen LogP contribution in [0.4, 0.5) is 5.69 Å². The van der Waals surface area contributed by atoms with Gasteiger partial charge in [-0.25, -0.2) is 14.6 Å². The molecule has 1 aromatic rings. The van der Waals surface area contributed by atoms with E-state index >= 15 is 0 Å². The molecule has 2 atom stereocenters. The average Bonchev–Trinajstić information content (AvgIpc) is 3.14. The molecule has 0 amide bonds. The van der Waals surface area contributed by atoms with Gasteiger partial charge in [0.1, 0.15) is 6.61 Å². The van der Waals surface area contributed by atoms with Crippen LogP contribution < -0.4 is 5.32 Å². The highest BCUT2D eigenvalue weighted by molar-refractivity contribution is 5.90. The topological polar surface area (TPSA) is 149 Å². The highest BCUT2D eigenvalue weighted by atomic mass is 16.5. The number of anilines is 1. The molecule has 0 saturated heterocycles. The second kappa shape index (κ2) is 9.16. The number of aliphatic imine (C=N–C) groups is 1. The molecule has 5 N–H and O–H groups in total. The Kier molecular flexibility index (Phi) is 6.93. The Bertz CT molecular complexity index is 672. The van der Waals surface area contributed by atoms with Crippen LogP contribution in [0, 0.1) is 0 Å². The number of aliphatic hydroxyl groups is 2. The van der Waals surface area contributed by atoms with Gasteiger partial charge < -0.3 is 30.5 Å². The lowest BCUT2D eigenvalue weighted by Crippen LogP contribution is -2.39. The Hall–Kier alpha value is -2.65. The third kappa shape index (κ3) is 5.17. The second-order valence-electron chi connectivity index (χ2n) is 5.88. The van der Waals surface area contributed by atoms with Crippen molar-refractivity contribution < 1.29 is 34.8 Å². The summed E-state index contributed by atoms with van der Waals surface area (Å²) < 4.78 is 5.39. The maximum atomic E-state index is 9.77. The lowest BCUT2D eigenvalue weighted by molar-refractivity contribution is -0.165. The van der Waals surface area contributed by atoms with Gasteiger partial charge in [-0.05, 0) is 42.9 Å². The number of aryl methyl sites for hydroxylation is 1. The summed E-state index contributed by atoms with van der Waals surface area (Å²) in [6.07, 6.45) is 0.451. The zero-order valence-electron chi connectivity index (χ0n) is 14.1. The average molecular weight is 366 g/mol. The van der Waals surface area contributed by atoms with Crippen molar-refractivity contribution in [2.24, 2.45) is 4.99 Å². The number of aliphatic hydroxyl groups excluding tert-OH is 2. The molecular weight excluding hydrogens is 344 g/mol. The summed E-state index contributed by atoms with van der Waals surface area (Å²) in [4.78, 5) is 23.8. The number of fused-ring (bicyclic) bond motifs is 1. The van der Waals surface area contributed by atoms with Gasteiger partial charge in [-0.2, -0.15) is 0 Å². The van der Waals surface area contributed by atoms with E-state index in [-0.39, 0.29) is 0 Å². The number of amidine groups is 1. The molecule has 26 heavy (non-hydrogen) atoms.